The molecule has 2 rings (SSSR count). The van der Waals surface area contributed by atoms with Crippen molar-refractivity contribution < 1.29 is 4.74 Å². The third kappa shape index (κ3) is 2.28. The number of hydrogen-bond acceptors (Lipinski definition) is 3. The normalized spacial score (nSPS) is 19.5. The van der Waals surface area contributed by atoms with Gasteiger partial charge >= 0.3 is 0 Å². The minimum absolute atomic E-state index is 0.153. The summed E-state index contributed by atoms with van der Waals surface area (Å²) >= 11 is 7.67. The molecule has 16 heavy (non-hydrogen) atoms. The molecular formula is C12H18ClNOS. The van der Waals surface area contributed by atoms with Crippen LogP contribution in [0, 0.1) is 5.41 Å². The van der Waals surface area contributed by atoms with Gasteiger partial charge in [-0.2, -0.15) is 0 Å². The second kappa shape index (κ2) is 4.30. The monoisotopic (exact) mass is 259 g/mol. The lowest BCUT2D eigenvalue weighted by molar-refractivity contribution is -0.0767. The summed E-state index contributed by atoms with van der Waals surface area (Å²) in [4.78, 5) is 1.34. The van der Waals surface area contributed by atoms with Crippen molar-refractivity contribution >= 4 is 22.9 Å². The smallest absolute Gasteiger partial charge is 0.0931 e. The molecule has 1 saturated heterocycles. The number of ether oxygens (including phenoxy) is 1. The number of nitrogens with two attached hydrogens (primary N) is 1. The first-order chi connectivity index (χ1) is 7.47. The van der Waals surface area contributed by atoms with Crippen LogP contribution in [-0.4, -0.2) is 19.8 Å². The Morgan fingerprint density at radius 3 is 2.56 bits per heavy atom. The van der Waals surface area contributed by atoms with Gasteiger partial charge in [-0.1, -0.05) is 25.4 Å². The molecule has 2 N–H and O–H groups in total. The molecule has 1 aliphatic rings. The van der Waals surface area contributed by atoms with Crippen LogP contribution in [0.4, 0.5) is 0 Å². The minimum Gasteiger partial charge on any atom is -0.379 e. The van der Waals surface area contributed by atoms with E-state index >= 15 is 0 Å². The molecule has 1 aromatic rings. The Kier molecular flexibility index (Phi) is 3.32. The van der Waals surface area contributed by atoms with E-state index < -0.39 is 0 Å². The summed E-state index contributed by atoms with van der Waals surface area (Å²) in [6.45, 7) is 6.72. The van der Waals surface area contributed by atoms with Crippen molar-refractivity contribution in [3.63, 3.8) is 0 Å². The fraction of sp³-hybridized carbons (Fsp3) is 0.667. The molecule has 0 aliphatic carbocycles. The Labute approximate surface area is 106 Å². The van der Waals surface area contributed by atoms with E-state index in [1.807, 2.05) is 6.07 Å². The van der Waals surface area contributed by atoms with Crippen LogP contribution in [0.2, 0.25) is 4.34 Å². The third-order valence-corrected chi connectivity index (χ3v) is 4.70. The van der Waals surface area contributed by atoms with Gasteiger partial charge in [0.1, 0.15) is 0 Å². The summed E-state index contributed by atoms with van der Waals surface area (Å²) in [7, 11) is 0. The SMILES string of the molecule is CC(C)(CN)CC1(c2ccc(Cl)s2)COC1. The molecule has 0 aromatic carbocycles. The van der Waals surface area contributed by atoms with E-state index in [1.165, 1.54) is 4.88 Å². The molecule has 0 bridgehead atoms. The van der Waals surface area contributed by atoms with E-state index in [2.05, 4.69) is 19.9 Å². The topological polar surface area (TPSA) is 35.2 Å². The Morgan fingerprint density at radius 2 is 2.19 bits per heavy atom. The van der Waals surface area contributed by atoms with Gasteiger partial charge in [0.15, 0.2) is 0 Å². The molecule has 90 valence electrons. The van der Waals surface area contributed by atoms with Gasteiger partial charge in [-0.25, -0.2) is 0 Å². The molecular weight excluding hydrogens is 242 g/mol. The molecule has 0 unspecified atom stereocenters. The predicted molar refractivity (Wildman–Crippen MR) is 69.3 cm³/mol. The van der Waals surface area contributed by atoms with E-state index in [0.29, 0.717) is 6.54 Å². The van der Waals surface area contributed by atoms with Gasteiger partial charge in [-0.05, 0) is 30.5 Å². The highest BCUT2D eigenvalue weighted by Gasteiger charge is 2.44. The Hall–Kier alpha value is -0.0900. The Bertz CT molecular complexity index is 371. The molecule has 0 saturated carbocycles. The average molecular weight is 260 g/mol. The predicted octanol–water partition coefficient (Wildman–Crippen LogP) is 3.04. The molecule has 4 heteroatoms. The largest absolute Gasteiger partial charge is 0.379 e. The first-order valence-electron chi connectivity index (χ1n) is 5.51. The minimum atomic E-state index is 0.153. The maximum absolute atomic E-state index is 6.01. The molecule has 1 aromatic heterocycles. The maximum Gasteiger partial charge on any atom is 0.0931 e. The van der Waals surface area contributed by atoms with E-state index in [9.17, 15) is 0 Å². The van der Waals surface area contributed by atoms with Crippen molar-refractivity contribution in [2.75, 3.05) is 19.8 Å². The van der Waals surface area contributed by atoms with Gasteiger partial charge in [0.25, 0.3) is 0 Å². The van der Waals surface area contributed by atoms with Crippen LogP contribution in [0.1, 0.15) is 25.1 Å². The zero-order valence-electron chi connectivity index (χ0n) is 9.75. The Balaban J connectivity index is 2.20. The van der Waals surface area contributed by atoms with Crippen LogP contribution in [-0.2, 0) is 10.2 Å². The lowest BCUT2D eigenvalue weighted by Crippen LogP contribution is -2.50. The van der Waals surface area contributed by atoms with E-state index in [0.717, 1.165) is 24.0 Å². The van der Waals surface area contributed by atoms with Crippen molar-refractivity contribution in [1.82, 2.24) is 0 Å². The van der Waals surface area contributed by atoms with Crippen molar-refractivity contribution in [2.24, 2.45) is 11.1 Å². The van der Waals surface area contributed by atoms with Crippen LogP contribution < -0.4 is 5.73 Å². The fourth-order valence-corrected chi connectivity index (χ4v) is 3.47. The lowest BCUT2D eigenvalue weighted by atomic mass is 9.70. The van der Waals surface area contributed by atoms with E-state index in [4.69, 9.17) is 22.1 Å². The average Bonchev–Trinajstić information content (AvgIpc) is 2.59. The summed E-state index contributed by atoms with van der Waals surface area (Å²) in [6, 6.07) is 4.10. The summed E-state index contributed by atoms with van der Waals surface area (Å²) in [5.74, 6) is 0. The molecule has 0 spiro atoms. The first-order valence-corrected chi connectivity index (χ1v) is 6.71. The highest BCUT2D eigenvalue weighted by molar-refractivity contribution is 7.16. The fourth-order valence-electron chi connectivity index (χ4n) is 2.27. The molecule has 2 heterocycles. The van der Waals surface area contributed by atoms with Crippen molar-refractivity contribution in [3.05, 3.63) is 21.3 Å². The molecule has 0 atom stereocenters. The summed E-state index contributed by atoms with van der Waals surface area (Å²) in [5.41, 5.74) is 6.12. The first kappa shape index (κ1) is 12.4. The van der Waals surface area contributed by atoms with Crippen LogP contribution in [0.3, 0.4) is 0 Å². The zero-order valence-corrected chi connectivity index (χ0v) is 11.3. The van der Waals surface area contributed by atoms with Gasteiger partial charge in [-0.3, -0.25) is 0 Å². The van der Waals surface area contributed by atoms with Crippen molar-refractivity contribution in [2.45, 2.75) is 25.7 Å². The highest BCUT2D eigenvalue weighted by Crippen LogP contribution is 2.45. The standard InChI is InChI=1S/C12H18ClNOS/c1-11(2,6-14)5-12(7-15-8-12)9-3-4-10(13)16-9/h3-4H,5-8,14H2,1-2H3. The zero-order chi connectivity index (χ0) is 11.8. The van der Waals surface area contributed by atoms with Crippen LogP contribution in [0.5, 0.6) is 0 Å². The van der Waals surface area contributed by atoms with Crippen molar-refractivity contribution in [1.29, 1.82) is 0 Å². The molecule has 2 nitrogen and oxygen atoms in total. The number of rotatable bonds is 4. The van der Waals surface area contributed by atoms with Gasteiger partial charge in [0.05, 0.1) is 23.0 Å². The second-order valence-corrected chi connectivity index (χ2v) is 7.14. The Morgan fingerprint density at radius 1 is 1.50 bits per heavy atom. The highest BCUT2D eigenvalue weighted by atomic mass is 35.5. The van der Waals surface area contributed by atoms with Crippen LogP contribution in [0.15, 0.2) is 12.1 Å². The summed E-state index contributed by atoms with van der Waals surface area (Å²) in [6.07, 6.45) is 1.06. The lowest BCUT2D eigenvalue weighted by Gasteiger charge is -2.45. The summed E-state index contributed by atoms with van der Waals surface area (Å²) in [5, 5.41) is 0. The van der Waals surface area contributed by atoms with Gasteiger partial charge in [-0.15, -0.1) is 11.3 Å². The van der Waals surface area contributed by atoms with Gasteiger partial charge in [0, 0.05) is 4.88 Å². The molecule has 0 amide bonds. The third-order valence-electron chi connectivity index (χ3n) is 3.22. The van der Waals surface area contributed by atoms with Crippen molar-refractivity contribution in [3.8, 4) is 0 Å². The number of thiophene rings is 1. The van der Waals surface area contributed by atoms with Gasteiger partial charge < -0.3 is 10.5 Å². The van der Waals surface area contributed by atoms with E-state index in [1.54, 1.807) is 11.3 Å². The molecule has 1 fully saturated rings. The van der Waals surface area contributed by atoms with Crippen LogP contribution in [0.25, 0.3) is 0 Å². The van der Waals surface area contributed by atoms with Crippen LogP contribution >= 0.6 is 22.9 Å². The molecule has 0 radical (unpaired) electrons. The quantitative estimate of drug-likeness (QED) is 0.902. The maximum atomic E-state index is 6.01. The number of hydrogen-bond donors (Lipinski definition) is 1. The summed E-state index contributed by atoms with van der Waals surface area (Å²) < 4.78 is 6.27. The second-order valence-electron chi connectivity index (χ2n) is 5.42. The van der Waals surface area contributed by atoms with Gasteiger partial charge in [0.2, 0.25) is 0 Å². The molecule has 1 aliphatic heterocycles. The van der Waals surface area contributed by atoms with E-state index in [-0.39, 0.29) is 10.8 Å². The number of halogens is 1.